The molecule has 2 aromatic heterocycles. The standard InChI is InChI=1S/C11H15N5O3/c1-6(2)18-5-7(12)10-13-11(19-16-10)8-3-4-9(17)15-14-8/h3-4,6-7H,5,12H2,1-2H3,(H,15,17). The third-order valence-corrected chi connectivity index (χ3v) is 2.28. The SMILES string of the molecule is CC(C)OCC(N)c1noc(-c2ccc(=O)[nH]n2)n1. The van der Waals surface area contributed by atoms with Crippen LogP contribution < -0.4 is 11.3 Å². The fourth-order valence-corrected chi connectivity index (χ4v) is 1.32. The normalized spacial score (nSPS) is 12.8. The Morgan fingerprint density at radius 3 is 2.89 bits per heavy atom. The number of hydrogen-bond donors (Lipinski definition) is 2. The van der Waals surface area contributed by atoms with Crippen molar-refractivity contribution in [1.29, 1.82) is 0 Å². The molecule has 0 aliphatic carbocycles. The maximum absolute atomic E-state index is 10.9. The molecule has 1 atom stereocenters. The van der Waals surface area contributed by atoms with Gasteiger partial charge in [0.1, 0.15) is 5.69 Å². The summed E-state index contributed by atoms with van der Waals surface area (Å²) in [6.07, 6.45) is 0.0817. The minimum Gasteiger partial charge on any atom is -0.377 e. The first-order valence-corrected chi connectivity index (χ1v) is 5.83. The van der Waals surface area contributed by atoms with Crippen molar-refractivity contribution in [3.63, 3.8) is 0 Å². The molecule has 0 bridgehead atoms. The first kappa shape index (κ1) is 13.4. The molecular formula is C11H15N5O3. The van der Waals surface area contributed by atoms with E-state index in [0.717, 1.165) is 0 Å². The topological polar surface area (TPSA) is 120 Å². The molecule has 2 heterocycles. The maximum atomic E-state index is 10.9. The number of H-pyrrole nitrogens is 1. The van der Waals surface area contributed by atoms with Crippen LogP contribution in [0.25, 0.3) is 11.6 Å². The summed E-state index contributed by atoms with van der Waals surface area (Å²) < 4.78 is 10.4. The van der Waals surface area contributed by atoms with Crippen LogP contribution in [0.4, 0.5) is 0 Å². The predicted octanol–water partition coefficient (Wildman–Crippen LogP) is 0.245. The molecule has 2 aromatic rings. The molecule has 0 aromatic carbocycles. The van der Waals surface area contributed by atoms with E-state index >= 15 is 0 Å². The van der Waals surface area contributed by atoms with Crippen LogP contribution in [0, 0.1) is 0 Å². The molecule has 3 N–H and O–H groups in total. The second-order valence-corrected chi connectivity index (χ2v) is 4.25. The molecule has 8 nitrogen and oxygen atoms in total. The summed E-state index contributed by atoms with van der Waals surface area (Å²) in [6, 6.07) is 2.35. The Morgan fingerprint density at radius 2 is 2.26 bits per heavy atom. The van der Waals surface area contributed by atoms with Crippen molar-refractivity contribution in [3.8, 4) is 11.6 Å². The Hall–Kier alpha value is -2.06. The second kappa shape index (κ2) is 5.72. The number of nitrogens with zero attached hydrogens (tertiary/aromatic N) is 3. The molecule has 2 rings (SSSR count). The van der Waals surface area contributed by atoms with E-state index in [2.05, 4.69) is 20.3 Å². The Labute approximate surface area is 109 Å². The molecule has 0 saturated heterocycles. The van der Waals surface area contributed by atoms with Gasteiger partial charge in [-0.05, 0) is 19.9 Å². The van der Waals surface area contributed by atoms with Gasteiger partial charge in [-0.15, -0.1) is 0 Å². The number of hydrogen-bond acceptors (Lipinski definition) is 7. The number of aromatic nitrogens is 4. The first-order chi connectivity index (χ1) is 9.06. The number of aromatic amines is 1. The number of nitrogens with one attached hydrogen (secondary N) is 1. The Kier molecular flexibility index (Phi) is 4.03. The van der Waals surface area contributed by atoms with E-state index in [0.29, 0.717) is 18.1 Å². The highest BCUT2D eigenvalue weighted by atomic mass is 16.5. The predicted molar refractivity (Wildman–Crippen MR) is 66.2 cm³/mol. The van der Waals surface area contributed by atoms with Crippen molar-refractivity contribution >= 4 is 0 Å². The summed E-state index contributed by atoms with van der Waals surface area (Å²) in [7, 11) is 0. The van der Waals surface area contributed by atoms with Crippen molar-refractivity contribution in [2.24, 2.45) is 5.73 Å². The lowest BCUT2D eigenvalue weighted by atomic mass is 10.3. The van der Waals surface area contributed by atoms with E-state index in [1.165, 1.54) is 12.1 Å². The summed E-state index contributed by atoms with van der Waals surface area (Å²) >= 11 is 0. The van der Waals surface area contributed by atoms with Crippen LogP contribution in [0.1, 0.15) is 25.7 Å². The van der Waals surface area contributed by atoms with Gasteiger partial charge in [0.05, 0.1) is 18.8 Å². The van der Waals surface area contributed by atoms with Crippen LogP contribution in [0.3, 0.4) is 0 Å². The highest BCUT2D eigenvalue weighted by Gasteiger charge is 2.16. The summed E-state index contributed by atoms with van der Waals surface area (Å²) in [4.78, 5) is 15.0. The van der Waals surface area contributed by atoms with Gasteiger partial charge in [-0.25, -0.2) is 5.10 Å². The highest BCUT2D eigenvalue weighted by molar-refractivity contribution is 5.44. The molecule has 0 aliphatic heterocycles. The van der Waals surface area contributed by atoms with E-state index in [9.17, 15) is 4.79 Å². The van der Waals surface area contributed by atoms with Crippen molar-refractivity contribution in [2.45, 2.75) is 26.0 Å². The lowest BCUT2D eigenvalue weighted by molar-refractivity contribution is 0.0665. The fraction of sp³-hybridized carbons (Fsp3) is 0.455. The van der Waals surface area contributed by atoms with E-state index < -0.39 is 6.04 Å². The lowest BCUT2D eigenvalue weighted by Crippen LogP contribution is -2.20. The van der Waals surface area contributed by atoms with Crippen molar-refractivity contribution in [2.75, 3.05) is 6.61 Å². The van der Waals surface area contributed by atoms with Crippen LogP contribution >= 0.6 is 0 Å². The zero-order valence-corrected chi connectivity index (χ0v) is 10.7. The van der Waals surface area contributed by atoms with Gasteiger partial charge in [0.25, 0.3) is 11.4 Å². The smallest absolute Gasteiger partial charge is 0.278 e. The molecule has 0 radical (unpaired) electrons. The third-order valence-electron chi connectivity index (χ3n) is 2.28. The van der Waals surface area contributed by atoms with Crippen LogP contribution in [-0.2, 0) is 4.74 Å². The molecule has 0 aliphatic rings. The van der Waals surface area contributed by atoms with Crippen LogP contribution in [0.2, 0.25) is 0 Å². The summed E-state index contributed by atoms with van der Waals surface area (Å²) in [6.45, 7) is 4.13. The maximum Gasteiger partial charge on any atom is 0.278 e. The Morgan fingerprint density at radius 1 is 1.47 bits per heavy atom. The molecule has 0 saturated carbocycles. The monoisotopic (exact) mass is 265 g/mol. The summed E-state index contributed by atoms with van der Waals surface area (Å²) in [5.41, 5.74) is 5.95. The zero-order chi connectivity index (χ0) is 13.8. The van der Waals surface area contributed by atoms with Gasteiger partial charge in [0.2, 0.25) is 0 Å². The molecule has 102 valence electrons. The quantitative estimate of drug-likeness (QED) is 0.794. The zero-order valence-electron chi connectivity index (χ0n) is 10.7. The van der Waals surface area contributed by atoms with E-state index in [4.69, 9.17) is 15.0 Å². The minimum absolute atomic E-state index is 0.0817. The fourth-order valence-electron chi connectivity index (χ4n) is 1.32. The molecule has 0 spiro atoms. The van der Waals surface area contributed by atoms with Crippen molar-refractivity contribution in [3.05, 3.63) is 28.3 Å². The summed E-state index contributed by atoms with van der Waals surface area (Å²) in [5.74, 6) is 0.537. The van der Waals surface area contributed by atoms with Gasteiger partial charge in [0, 0.05) is 6.07 Å². The van der Waals surface area contributed by atoms with Gasteiger partial charge in [-0.2, -0.15) is 10.1 Å². The van der Waals surface area contributed by atoms with E-state index in [1.54, 1.807) is 0 Å². The largest absolute Gasteiger partial charge is 0.377 e. The molecular weight excluding hydrogens is 250 g/mol. The Bertz CT molecular complexity index is 572. The van der Waals surface area contributed by atoms with E-state index in [-0.39, 0.29) is 17.6 Å². The average molecular weight is 265 g/mol. The van der Waals surface area contributed by atoms with Crippen molar-refractivity contribution < 1.29 is 9.26 Å². The second-order valence-electron chi connectivity index (χ2n) is 4.25. The molecule has 19 heavy (non-hydrogen) atoms. The molecule has 8 heteroatoms. The van der Waals surface area contributed by atoms with Gasteiger partial charge < -0.3 is 15.0 Å². The lowest BCUT2D eigenvalue weighted by Gasteiger charge is -2.10. The van der Waals surface area contributed by atoms with Gasteiger partial charge in [-0.3, -0.25) is 4.79 Å². The van der Waals surface area contributed by atoms with E-state index in [1.807, 2.05) is 13.8 Å². The van der Waals surface area contributed by atoms with Crippen LogP contribution in [-0.4, -0.2) is 33.0 Å². The van der Waals surface area contributed by atoms with Crippen LogP contribution in [0.15, 0.2) is 21.5 Å². The van der Waals surface area contributed by atoms with Gasteiger partial charge >= 0.3 is 0 Å². The number of rotatable bonds is 5. The molecule has 1 unspecified atom stereocenters. The third kappa shape index (κ3) is 3.46. The highest BCUT2D eigenvalue weighted by Crippen LogP contribution is 2.15. The minimum atomic E-state index is -0.470. The van der Waals surface area contributed by atoms with Crippen LogP contribution in [0.5, 0.6) is 0 Å². The molecule has 0 fully saturated rings. The number of nitrogens with two attached hydrogens (primary N) is 1. The molecule has 0 amide bonds. The first-order valence-electron chi connectivity index (χ1n) is 5.83. The van der Waals surface area contributed by atoms with Gasteiger partial charge in [-0.1, -0.05) is 5.16 Å². The average Bonchev–Trinajstić information content (AvgIpc) is 2.86. The Balaban J connectivity index is 2.10. The van der Waals surface area contributed by atoms with Gasteiger partial charge in [0.15, 0.2) is 5.82 Å². The number of ether oxygens (including phenoxy) is 1. The summed E-state index contributed by atoms with van der Waals surface area (Å²) in [5, 5.41) is 9.85. The van der Waals surface area contributed by atoms with Crippen molar-refractivity contribution in [1.82, 2.24) is 20.3 Å².